The second kappa shape index (κ2) is 7.65. The quantitative estimate of drug-likeness (QED) is 0.601. The van der Waals surface area contributed by atoms with Gasteiger partial charge in [-0.15, -0.1) is 0 Å². The van der Waals surface area contributed by atoms with Crippen LogP contribution in [0.1, 0.15) is 39.7 Å². The second-order valence-electron chi connectivity index (χ2n) is 6.55. The second-order valence-corrected chi connectivity index (χ2v) is 6.55. The Morgan fingerprint density at radius 3 is 2.43 bits per heavy atom. The van der Waals surface area contributed by atoms with Crippen molar-refractivity contribution < 1.29 is 18.0 Å². The fraction of sp³-hybridized carbons (Fsp3) is 0.263. The van der Waals surface area contributed by atoms with Gasteiger partial charge in [0, 0.05) is 11.3 Å². The molecule has 1 amide bonds. The third-order valence-corrected chi connectivity index (χ3v) is 4.62. The molecule has 3 N–H and O–H groups in total. The molecule has 0 radical (unpaired) electrons. The first-order chi connectivity index (χ1) is 14.0. The number of rotatable bonds is 4. The molecule has 3 rings (SSSR count). The van der Waals surface area contributed by atoms with Gasteiger partial charge in [-0.1, -0.05) is 19.1 Å². The standard InChI is InChI=1S/C19H18F3N5O3/c1-4-11-10(3)23-18(25-16(11)29)27-14(9(2)15(28)26-27)24-17(30)12-7-5-6-8-13(12)19(20,21)22/h5-8H,4H2,1-3H3,(H,24,30)(H,26,28)(H,23,25,29). The van der Waals surface area contributed by atoms with Crippen LogP contribution < -0.4 is 16.4 Å². The van der Waals surface area contributed by atoms with E-state index in [1.54, 1.807) is 13.8 Å². The number of nitrogens with zero attached hydrogens (tertiary/aromatic N) is 2. The number of hydrogen-bond donors (Lipinski definition) is 3. The van der Waals surface area contributed by atoms with E-state index in [0.29, 0.717) is 17.7 Å². The van der Waals surface area contributed by atoms with Crippen LogP contribution >= 0.6 is 0 Å². The SMILES string of the molecule is CCc1c(C)nc(-n2[nH]c(=O)c(C)c2NC(=O)c2ccccc2C(F)(F)F)[nH]c1=O. The van der Waals surface area contributed by atoms with Gasteiger partial charge in [0.2, 0.25) is 5.95 Å². The van der Waals surface area contributed by atoms with Crippen LogP contribution in [0.4, 0.5) is 19.0 Å². The lowest BCUT2D eigenvalue weighted by Crippen LogP contribution is -2.23. The number of alkyl halides is 3. The van der Waals surface area contributed by atoms with Crippen molar-refractivity contribution in [2.75, 3.05) is 5.32 Å². The van der Waals surface area contributed by atoms with Crippen LogP contribution in [0.3, 0.4) is 0 Å². The largest absolute Gasteiger partial charge is 0.417 e. The van der Waals surface area contributed by atoms with Gasteiger partial charge >= 0.3 is 6.18 Å². The number of hydrogen-bond acceptors (Lipinski definition) is 4. The Morgan fingerprint density at radius 1 is 1.17 bits per heavy atom. The summed E-state index contributed by atoms with van der Waals surface area (Å²) in [6.07, 6.45) is -4.30. The highest BCUT2D eigenvalue weighted by Gasteiger charge is 2.35. The molecule has 1 aromatic carbocycles. The summed E-state index contributed by atoms with van der Waals surface area (Å²) < 4.78 is 40.8. The molecule has 0 aliphatic carbocycles. The van der Waals surface area contributed by atoms with E-state index >= 15 is 0 Å². The van der Waals surface area contributed by atoms with E-state index in [1.807, 2.05) is 0 Å². The monoisotopic (exact) mass is 421 g/mol. The molecule has 3 aromatic rings. The summed E-state index contributed by atoms with van der Waals surface area (Å²) in [6, 6.07) is 4.29. The number of H-pyrrole nitrogens is 2. The van der Waals surface area contributed by atoms with Crippen molar-refractivity contribution in [2.24, 2.45) is 0 Å². The van der Waals surface area contributed by atoms with Crippen LogP contribution in [0.25, 0.3) is 5.95 Å². The fourth-order valence-electron chi connectivity index (χ4n) is 3.05. The summed E-state index contributed by atoms with van der Waals surface area (Å²) in [5.41, 5.74) is -1.84. The number of aromatic nitrogens is 4. The van der Waals surface area contributed by atoms with E-state index in [-0.39, 0.29) is 17.3 Å². The molecule has 0 fully saturated rings. The molecule has 0 saturated carbocycles. The maximum absolute atomic E-state index is 13.2. The predicted octanol–water partition coefficient (Wildman–Crippen LogP) is 2.70. The molecular formula is C19H18F3N5O3. The van der Waals surface area contributed by atoms with Gasteiger partial charge in [0.1, 0.15) is 5.82 Å². The molecule has 8 nitrogen and oxygen atoms in total. The van der Waals surface area contributed by atoms with Crippen LogP contribution in [0.5, 0.6) is 0 Å². The molecule has 2 heterocycles. The van der Waals surface area contributed by atoms with Crippen LogP contribution in [0, 0.1) is 13.8 Å². The lowest BCUT2D eigenvalue weighted by atomic mass is 10.1. The highest BCUT2D eigenvalue weighted by Crippen LogP contribution is 2.32. The number of carbonyl (C=O) groups is 1. The van der Waals surface area contributed by atoms with Crippen molar-refractivity contribution >= 4 is 11.7 Å². The number of amides is 1. The first-order valence-electron chi connectivity index (χ1n) is 8.94. The number of benzene rings is 1. The highest BCUT2D eigenvalue weighted by atomic mass is 19.4. The Morgan fingerprint density at radius 2 is 1.83 bits per heavy atom. The normalized spacial score (nSPS) is 11.5. The van der Waals surface area contributed by atoms with E-state index in [2.05, 4.69) is 20.4 Å². The molecule has 11 heteroatoms. The summed E-state index contributed by atoms with van der Waals surface area (Å²) in [6.45, 7) is 4.78. The van der Waals surface area contributed by atoms with Crippen LogP contribution in [-0.4, -0.2) is 25.7 Å². The molecular weight excluding hydrogens is 403 g/mol. The Kier molecular flexibility index (Phi) is 5.38. The molecule has 0 saturated heterocycles. The van der Waals surface area contributed by atoms with E-state index in [4.69, 9.17) is 0 Å². The third kappa shape index (κ3) is 3.78. The minimum atomic E-state index is -4.74. The van der Waals surface area contributed by atoms with Gasteiger partial charge in [0.15, 0.2) is 0 Å². The lowest BCUT2D eigenvalue weighted by Gasteiger charge is -2.14. The van der Waals surface area contributed by atoms with Crippen LogP contribution in [-0.2, 0) is 12.6 Å². The van der Waals surface area contributed by atoms with Crippen molar-refractivity contribution in [1.29, 1.82) is 0 Å². The van der Waals surface area contributed by atoms with Crippen molar-refractivity contribution in [3.05, 3.63) is 72.9 Å². The van der Waals surface area contributed by atoms with Crippen molar-refractivity contribution in [2.45, 2.75) is 33.4 Å². The summed E-state index contributed by atoms with van der Waals surface area (Å²) >= 11 is 0. The fourth-order valence-corrected chi connectivity index (χ4v) is 3.05. The lowest BCUT2D eigenvalue weighted by molar-refractivity contribution is -0.137. The van der Waals surface area contributed by atoms with Crippen molar-refractivity contribution in [3.8, 4) is 5.95 Å². The Bertz CT molecular complexity index is 1240. The number of halogens is 3. The van der Waals surface area contributed by atoms with E-state index in [0.717, 1.165) is 16.8 Å². The molecule has 0 spiro atoms. The van der Waals surface area contributed by atoms with Gasteiger partial charge in [-0.05, 0) is 32.4 Å². The van der Waals surface area contributed by atoms with Gasteiger partial charge in [-0.25, -0.2) is 9.67 Å². The van der Waals surface area contributed by atoms with Gasteiger partial charge in [0.05, 0.1) is 16.7 Å². The Labute approximate surface area is 167 Å². The van der Waals surface area contributed by atoms with Crippen molar-refractivity contribution in [1.82, 2.24) is 19.7 Å². The van der Waals surface area contributed by atoms with Crippen molar-refractivity contribution in [3.63, 3.8) is 0 Å². The minimum Gasteiger partial charge on any atom is -0.306 e. The van der Waals surface area contributed by atoms with E-state index in [1.165, 1.54) is 19.1 Å². The summed E-state index contributed by atoms with van der Waals surface area (Å²) in [5.74, 6) is -1.28. The molecule has 30 heavy (non-hydrogen) atoms. The third-order valence-electron chi connectivity index (χ3n) is 4.62. The summed E-state index contributed by atoms with van der Waals surface area (Å²) in [4.78, 5) is 43.8. The smallest absolute Gasteiger partial charge is 0.306 e. The predicted molar refractivity (Wildman–Crippen MR) is 103 cm³/mol. The van der Waals surface area contributed by atoms with Gasteiger partial charge in [0.25, 0.3) is 17.0 Å². The van der Waals surface area contributed by atoms with Gasteiger partial charge in [-0.2, -0.15) is 13.2 Å². The average molecular weight is 421 g/mol. The summed E-state index contributed by atoms with van der Waals surface area (Å²) in [5, 5.41) is 4.74. The molecule has 0 unspecified atom stereocenters. The van der Waals surface area contributed by atoms with Gasteiger partial charge < -0.3 is 5.32 Å². The Hall–Kier alpha value is -3.63. The number of carbonyl (C=O) groups excluding carboxylic acids is 1. The number of anilines is 1. The molecule has 0 atom stereocenters. The maximum Gasteiger partial charge on any atom is 0.417 e. The molecule has 2 aromatic heterocycles. The zero-order chi connectivity index (χ0) is 22.2. The molecule has 0 aliphatic heterocycles. The summed E-state index contributed by atoms with van der Waals surface area (Å²) in [7, 11) is 0. The molecule has 158 valence electrons. The minimum absolute atomic E-state index is 0.0349. The van der Waals surface area contributed by atoms with E-state index < -0.39 is 34.3 Å². The number of aromatic amines is 2. The zero-order valence-electron chi connectivity index (χ0n) is 16.3. The zero-order valence-corrected chi connectivity index (χ0v) is 16.3. The first-order valence-corrected chi connectivity index (χ1v) is 8.94. The van der Waals surface area contributed by atoms with Crippen LogP contribution in [0.2, 0.25) is 0 Å². The number of nitrogens with one attached hydrogen (secondary N) is 3. The van der Waals surface area contributed by atoms with E-state index in [9.17, 15) is 27.6 Å². The maximum atomic E-state index is 13.2. The highest BCUT2D eigenvalue weighted by molar-refractivity contribution is 6.05. The molecule has 0 aliphatic rings. The Balaban J connectivity index is 2.09. The first kappa shape index (κ1) is 21.1. The number of aryl methyl sites for hydroxylation is 1. The molecule has 0 bridgehead atoms. The average Bonchev–Trinajstić information content (AvgIpc) is 2.95. The van der Waals surface area contributed by atoms with Gasteiger partial charge in [-0.3, -0.25) is 24.5 Å². The van der Waals surface area contributed by atoms with Crippen LogP contribution in [0.15, 0.2) is 33.9 Å². The topological polar surface area (TPSA) is 113 Å².